The molecule has 3 aromatic carbocycles. The van der Waals surface area contributed by atoms with E-state index in [-0.39, 0.29) is 0 Å². The highest BCUT2D eigenvalue weighted by atomic mass is 32.1. The Balaban J connectivity index is 1.38. The number of anilines is 1. The number of nitrogen functional groups attached to an aromatic ring is 1. The van der Waals surface area contributed by atoms with Crippen LogP contribution in [-0.2, 0) is 38.8 Å². The summed E-state index contributed by atoms with van der Waals surface area (Å²) in [4.78, 5) is 0. The molecule has 1 fully saturated rings. The van der Waals surface area contributed by atoms with Gasteiger partial charge in [-0.15, -0.1) is 5.10 Å². The number of benzene rings is 3. The fourth-order valence-corrected chi connectivity index (χ4v) is 5.23. The van der Waals surface area contributed by atoms with E-state index in [1.807, 2.05) is 91.0 Å². The second kappa shape index (κ2) is 12.6. The zero-order valence-corrected chi connectivity index (χ0v) is 21.9. The Morgan fingerprint density at radius 1 is 0.784 bits per heavy atom. The molecule has 2 N–H and O–H groups in total. The molecule has 7 nitrogen and oxygen atoms in total. The molecule has 0 unspecified atom stereocenters. The summed E-state index contributed by atoms with van der Waals surface area (Å²) in [5, 5.41) is 4.80. The molecule has 1 aromatic heterocycles. The van der Waals surface area contributed by atoms with E-state index >= 15 is 0 Å². The van der Waals surface area contributed by atoms with Crippen LogP contribution in [-0.4, -0.2) is 34.7 Å². The molecule has 0 aliphatic carbocycles. The van der Waals surface area contributed by atoms with Crippen molar-refractivity contribution < 1.29 is 18.9 Å². The van der Waals surface area contributed by atoms with Crippen LogP contribution in [0.15, 0.2) is 91.0 Å². The van der Waals surface area contributed by atoms with Crippen LogP contribution in [0, 0.1) is 3.95 Å². The number of ether oxygens (including phenoxy) is 4. The quantitative estimate of drug-likeness (QED) is 0.253. The Morgan fingerprint density at radius 3 is 1.81 bits per heavy atom. The Bertz CT molecular complexity index is 1300. The lowest BCUT2D eigenvalue weighted by Crippen LogP contribution is -2.38. The average Bonchev–Trinajstić information content (AvgIpc) is 3.45. The first kappa shape index (κ1) is 25.7. The molecule has 1 aliphatic heterocycles. The molecule has 0 amide bonds. The number of rotatable bonds is 11. The lowest BCUT2D eigenvalue weighted by molar-refractivity contribution is -0.0934. The van der Waals surface area contributed by atoms with Crippen LogP contribution in [0.4, 0.5) is 5.13 Å². The molecule has 4 atom stereocenters. The second-order valence-electron chi connectivity index (χ2n) is 8.74. The van der Waals surface area contributed by atoms with Crippen LogP contribution in [0.1, 0.15) is 22.9 Å². The summed E-state index contributed by atoms with van der Waals surface area (Å²) in [5.74, 6) is 0. The van der Waals surface area contributed by atoms with Crippen molar-refractivity contribution in [2.75, 3.05) is 12.3 Å². The zero-order chi connectivity index (χ0) is 25.5. The van der Waals surface area contributed by atoms with Crippen LogP contribution < -0.4 is 5.73 Å². The molecule has 0 bridgehead atoms. The third-order valence-electron chi connectivity index (χ3n) is 6.08. The number of hydrogen-bond acceptors (Lipinski definition) is 8. The minimum Gasteiger partial charge on any atom is -0.374 e. The van der Waals surface area contributed by atoms with Crippen LogP contribution in [0.2, 0.25) is 0 Å². The Morgan fingerprint density at radius 2 is 1.30 bits per heavy atom. The van der Waals surface area contributed by atoms with Crippen molar-refractivity contribution in [3.05, 3.63) is 112 Å². The van der Waals surface area contributed by atoms with Gasteiger partial charge in [0.05, 0.1) is 26.4 Å². The normalized spacial score (nSPS) is 21.3. The molecule has 0 radical (unpaired) electrons. The largest absolute Gasteiger partial charge is 0.374 e. The van der Waals surface area contributed by atoms with Gasteiger partial charge in [-0.3, -0.25) is 0 Å². The SMILES string of the molecule is Nc1nn([C@@H]2O[C@H](COCc3ccccc3)[C@@H](OCc3ccccc3)[C@H]2OCc2ccccc2)c(=S)s1. The average molecular weight is 536 g/mol. The molecule has 4 aromatic rings. The third kappa shape index (κ3) is 6.70. The topological polar surface area (TPSA) is 80.8 Å². The number of nitrogens with zero attached hydrogens (tertiary/aromatic N) is 2. The molecule has 192 valence electrons. The van der Waals surface area contributed by atoms with Crippen LogP contribution in [0.3, 0.4) is 0 Å². The summed E-state index contributed by atoms with van der Waals surface area (Å²) in [6.45, 7) is 1.59. The predicted octanol–water partition coefficient (Wildman–Crippen LogP) is 5.54. The molecule has 2 heterocycles. The van der Waals surface area contributed by atoms with E-state index in [9.17, 15) is 0 Å². The molecule has 0 saturated carbocycles. The summed E-state index contributed by atoms with van der Waals surface area (Å²) in [6, 6.07) is 30.1. The highest BCUT2D eigenvalue weighted by Crippen LogP contribution is 2.36. The van der Waals surface area contributed by atoms with Gasteiger partial charge in [-0.05, 0) is 28.9 Å². The zero-order valence-electron chi connectivity index (χ0n) is 20.2. The van der Waals surface area contributed by atoms with Crippen molar-refractivity contribution in [2.24, 2.45) is 0 Å². The van der Waals surface area contributed by atoms with E-state index in [4.69, 9.17) is 36.9 Å². The molecule has 37 heavy (non-hydrogen) atoms. The predicted molar refractivity (Wildman–Crippen MR) is 145 cm³/mol. The molecule has 9 heteroatoms. The second-order valence-corrected chi connectivity index (χ2v) is 10.4. The van der Waals surface area contributed by atoms with Gasteiger partial charge in [-0.25, -0.2) is 4.68 Å². The van der Waals surface area contributed by atoms with Crippen molar-refractivity contribution >= 4 is 28.7 Å². The van der Waals surface area contributed by atoms with Crippen molar-refractivity contribution in [1.29, 1.82) is 0 Å². The van der Waals surface area contributed by atoms with E-state index in [1.165, 1.54) is 11.3 Å². The van der Waals surface area contributed by atoms with E-state index in [0.29, 0.717) is 35.5 Å². The van der Waals surface area contributed by atoms with Crippen molar-refractivity contribution in [3.63, 3.8) is 0 Å². The van der Waals surface area contributed by atoms with Gasteiger partial charge in [0.2, 0.25) is 5.13 Å². The smallest absolute Gasteiger partial charge is 0.202 e. The highest BCUT2D eigenvalue weighted by Gasteiger charge is 2.48. The Kier molecular flexibility index (Phi) is 8.72. The summed E-state index contributed by atoms with van der Waals surface area (Å²) in [5.41, 5.74) is 9.17. The lowest BCUT2D eigenvalue weighted by Gasteiger charge is -2.25. The van der Waals surface area contributed by atoms with Gasteiger partial charge in [0, 0.05) is 0 Å². The molecular formula is C28H29N3O4S2. The van der Waals surface area contributed by atoms with Gasteiger partial charge in [0.1, 0.15) is 18.3 Å². The van der Waals surface area contributed by atoms with Crippen molar-refractivity contribution in [1.82, 2.24) is 9.78 Å². The minimum absolute atomic E-state index is 0.322. The maximum Gasteiger partial charge on any atom is 0.202 e. The third-order valence-corrected chi connectivity index (χ3v) is 7.17. The Labute approximate surface area is 225 Å². The monoisotopic (exact) mass is 535 g/mol. The summed E-state index contributed by atoms with van der Waals surface area (Å²) < 4.78 is 27.7. The number of nitrogens with two attached hydrogens (primary N) is 1. The lowest BCUT2D eigenvalue weighted by atomic mass is 10.1. The van der Waals surface area contributed by atoms with Gasteiger partial charge in [0.15, 0.2) is 10.2 Å². The van der Waals surface area contributed by atoms with Gasteiger partial charge >= 0.3 is 0 Å². The van der Waals surface area contributed by atoms with E-state index in [0.717, 1.165) is 16.7 Å². The van der Waals surface area contributed by atoms with Crippen LogP contribution >= 0.6 is 23.6 Å². The molecular weight excluding hydrogens is 506 g/mol. The summed E-state index contributed by atoms with van der Waals surface area (Å²) in [7, 11) is 0. The maximum atomic E-state index is 6.49. The first-order chi connectivity index (χ1) is 18.2. The van der Waals surface area contributed by atoms with E-state index in [2.05, 4.69) is 5.10 Å². The first-order valence-corrected chi connectivity index (χ1v) is 13.3. The standard InChI is InChI=1S/C28H29N3O4S2/c29-27-30-31(28(36)37-27)26-25(34-18-22-14-8-3-9-15-22)24(33-17-21-12-6-2-7-13-21)23(35-26)19-32-16-20-10-4-1-5-11-20/h1-15,23-26H,16-19H2,(H2,29,30)/t23-,24-,25-,26-/m1/s1. The Hall–Kier alpha value is -2.92. The molecule has 1 saturated heterocycles. The molecule has 5 rings (SSSR count). The van der Waals surface area contributed by atoms with Crippen molar-refractivity contribution in [2.45, 2.75) is 44.4 Å². The fourth-order valence-electron chi connectivity index (χ4n) is 4.28. The molecule has 0 spiro atoms. The minimum atomic E-state index is -0.601. The molecule has 1 aliphatic rings. The van der Waals surface area contributed by atoms with Gasteiger partial charge in [-0.2, -0.15) is 0 Å². The van der Waals surface area contributed by atoms with Gasteiger partial charge < -0.3 is 24.7 Å². The number of aromatic nitrogens is 2. The maximum absolute atomic E-state index is 6.49. The van der Waals surface area contributed by atoms with Gasteiger partial charge in [0.25, 0.3) is 0 Å². The van der Waals surface area contributed by atoms with Crippen LogP contribution in [0.25, 0.3) is 0 Å². The summed E-state index contributed by atoms with van der Waals surface area (Å²) >= 11 is 6.78. The number of hydrogen-bond donors (Lipinski definition) is 1. The first-order valence-electron chi connectivity index (χ1n) is 12.1. The van der Waals surface area contributed by atoms with E-state index in [1.54, 1.807) is 4.68 Å². The van der Waals surface area contributed by atoms with Gasteiger partial charge in [-0.1, -0.05) is 102 Å². The highest BCUT2D eigenvalue weighted by molar-refractivity contribution is 7.73. The van der Waals surface area contributed by atoms with Crippen LogP contribution in [0.5, 0.6) is 0 Å². The van der Waals surface area contributed by atoms with Crippen molar-refractivity contribution in [3.8, 4) is 0 Å². The fraction of sp³-hybridized carbons (Fsp3) is 0.286. The van der Waals surface area contributed by atoms with E-state index < -0.39 is 24.5 Å². The summed E-state index contributed by atoms with van der Waals surface area (Å²) in [6.07, 6.45) is -1.91.